The summed E-state index contributed by atoms with van der Waals surface area (Å²) in [6.07, 6.45) is 0. The van der Waals surface area contributed by atoms with Crippen molar-refractivity contribution in [3.05, 3.63) is 28.8 Å². The topological polar surface area (TPSA) is 52.9 Å². The van der Waals surface area contributed by atoms with Crippen LogP contribution in [0.3, 0.4) is 0 Å². The van der Waals surface area contributed by atoms with Crippen molar-refractivity contribution >= 4 is 23.2 Å². The largest absolute Gasteiger partial charge is 0.325 e. The van der Waals surface area contributed by atoms with E-state index in [9.17, 15) is 4.79 Å². The van der Waals surface area contributed by atoms with Crippen LogP contribution in [0.5, 0.6) is 0 Å². The summed E-state index contributed by atoms with van der Waals surface area (Å²) in [7, 11) is 0. The van der Waals surface area contributed by atoms with E-state index in [1.165, 1.54) is 0 Å². The molecular formula is C11H11ClN2O. The van der Waals surface area contributed by atoms with Gasteiger partial charge in [-0.3, -0.25) is 4.79 Å². The maximum atomic E-state index is 11.4. The summed E-state index contributed by atoms with van der Waals surface area (Å²) in [5, 5.41) is 11.8. The maximum Gasteiger partial charge on any atom is 0.226 e. The second-order valence-corrected chi connectivity index (χ2v) is 3.86. The lowest BCUT2D eigenvalue weighted by Crippen LogP contribution is -2.17. The van der Waals surface area contributed by atoms with Gasteiger partial charge >= 0.3 is 0 Å². The molecular weight excluding hydrogens is 212 g/mol. The van der Waals surface area contributed by atoms with E-state index in [-0.39, 0.29) is 11.8 Å². The number of hydrogen-bond donors (Lipinski definition) is 1. The lowest BCUT2D eigenvalue weighted by molar-refractivity contribution is -0.118. The van der Waals surface area contributed by atoms with Crippen molar-refractivity contribution < 1.29 is 4.79 Å². The van der Waals surface area contributed by atoms with Crippen molar-refractivity contribution in [1.82, 2.24) is 0 Å². The van der Waals surface area contributed by atoms with E-state index < -0.39 is 0 Å². The van der Waals surface area contributed by atoms with Gasteiger partial charge in [-0.25, -0.2) is 0 Å². The summed E-state index contributed by atoms with van der Waals surface area (Å²) in [6, 6.07) is 6.74. The number of nitrogens with zero attached hydrogens (tertiary/aromatic N) is 1. The molecule has 0 spiro atoms. The van der Waals surface area contributed by atoms with Crippen molar-refractivity contribution in [3.8, 4) is 6.07 Å². The molecule has 78 valence electrons. The first-order valence-corrected chi connectivity index (χ1v) is 4.93. The molecule has 0 saturated heterocycles. The first kappa shape index (κ1) is 11.5. The highest BCUT2D eigenvalue weighted by atomic mass is 35.5. The van der Waals surface area contributed by atoms with Gasteiger partial charge in [0, 0.05) is 5.92 Å². The van der Waals surface area contributed by atoms with Crippen LogP contribution in [0.15, 0.2) is 18.2 Å². The van der Waals surface area contributed by atoms with Crippen LogP contribution in [0, 0.1) is 17.2 Å². The molecule has 0 aliphatic heterocycles. The van der Waals surface area contributed by atoms with Gasteiger partial charge in [0.1, 0.15) is 0 Å². The van der Waals surface area contributed by atoms with Crippen molar-refractivity contribution in [2.45, 2.75) is 13.8 Å². The van der Waals surface area contributed by atoms with Crippen LogP contribution in [0.25, 0.3) is 0 Å². The van der Waals surface area contributed by atoms with Crippen LogP contribution in [-0.2, 0) is 4.79 Å². The average molecular weight is 223 g/mol. The van der Waals surface area contributed by atoms with Crippen LogP contribution in [-0.4, -0.2) is 5.91 Å². The number of anilines is 1. The summed E-state index contributed by atoms with van der Waals surface area (Å²) >= 11 is 5.88. The SMILES string of the molecule is CC(C)C(=O)Nc1cc(C#N)ccc1Cl. The van der Waals surface area contributed by atoms with Crippen molar-refractivity contribution in [2.75, 3.05) is 5.32 Å². The predicted octanol–water partition coefficient (Wildman–Crippen LogP) is 2.81. The van der Waals surface area contributed by atoms with E-state index in [0.717, 1.165) is 0 Å². The Hall–Kier alpha value is -1.53. The highest BCUT2D eigenvalue weighted by Crippen LogP contribution is 2.23. The van der Waals surface area contributed by atoms with E-state index in [1.54, 1.807) is 32.0 Å². The smallest absolute Gasteiger partial charge is 0.226 e. The monoisotopic (exact) mass is 222 g/mol. The van der Waals surface area contributed by atoms with Crippen LogP contribution in [0.1, 0.15) is 19.4 Å². The summed E-state index contributed by atoms with van der Waals surface area (Å²) in [4.78, 5) is 11.4. The van der Waals surface area contributed by atoms with Crippen molar-refractivity contribution in [3.63, 3.8) is 0 Å². The minimum atomic E-state index is -0.119. The minimum absolute atomic E-state index is 0.119. The van der Waals surface area contributed by atoms with Gasteiger partial charge in [-0.15, -0.1) is 0 Å². The summed E-state index contributed by atoms with van der Waals surface area (Å²) in [6.45, 7) is 3.58. The van der Waals surface area contributed by atoms with Gasteiger partial charge in [0.25, 0.3) is 0 Å². The number of nitrogens with one attached hydrogen (secondary N) is 1. The number of halogens is 1. The second kappa shape index (κ2) is 4.81. The minimum Gasteiger partial charge on any atom is -0.325 e. The van der Waals surface area contributed by atoms with E-state index >= 15 is 0 Å². The highest BCUT2D eigenvalue weighted by molar-refractivity contribution is 6.33. The van der Waals surface area contributed by atoms with Crippen LogP contribution in [0.2, 0.25) is 5.02 Å². The molecule has 0 aromatic heterocycles. The Kier molecular flexibility index (Phi) is 3.70. The average Bonchev–Trinajstić information content (AvgIpc) is 2.21. The summed E-state index contributed by atoms with van der Waals surface area (Å²) < 4.78 is 0. The molecule has 4 heteroatoms. The molecule has 0 aliphatic rings. The van der Waals surface area contributed by atoms with Gasteiger partial charge in [0.05, 0.1) is 22.3 Å². The lowest BCUT2D eigenvalue weighted by Gasteiger charge is -2.09. The molecule has 0 radical (unpaired) electrons. The Morgan fingerprint density at radius 3 is 2.73 bits per heavy atom. The number of amides is 1. The molecule has 1 N–H and O–H groups in total. The Labute approximate surface area is 93.7 Å². The molecule has 15 heavy (non-hydrogen) atoms. The first-order chi connectivity index (χ1) is 7.04. The molecule has 0 aliphatic carbocycles. The van der Waals surface area contributed by atoms with Gasteiger partial charge in [-0.1, -0.05) is 25.4 Å². The van der Waals surface area contributed by atoms with Crippen LogP contribution < -0.4 is 5.32 Å². The van der Waals surface area contributed by atoms with E-state index in [2.05, 4.69) is 5.32 Å². The highest BCUT2D eigenvalue weighted by Gasteiger charge is 2.09. The second-order valence-electron chi connectivity index (χ2n) is 3.45. The van der Waals surface area contributed by atoms with Gasteiger partial charge in [-0.2, -0.15) is 5.26 Å². The Morgan fingerprint density at radius 1 is 1.53 bits per heavy atom. The van der Waals surface area contributed by atoms with E-state index in [4.69, 9.17) is 16.9 Å². The maximum absolute atomic E-state index is 11.4. The first-order valence-electron chi connectivity index (χ1n) is 4.55. The summed E-state index contributed by atoms with van der Waals surface area (Å²) in [5.74, 6) is -0.237. The molecule has 0 bridgehead atoms. The quantitative estimate of drug-likeness (QED) is 0.837. The number of benzene rings is 1. The molecule has 1 aromatic carbocycles. The zero-order valence-corrected chi connectivity index (χ0v) is 9.30. The Morgan fingerprint density at radius 2 is 2.20 bits per heavy atom. The predicted molar refractivity (Wildman–Crippen MR) is 59.6 cm³/mol. The molecule has 0 unspecified atom stereocenters. The Balaban J connectivity index is 2.94. The van der Waals surface area contributed by atoms with Gasteiger partial charge < -0.3 is 5.32 Å². The Bertz CT molecular complexity index is 421. The van der Waals surface area contributed by atoms with E-state index in [1.807, 2.05) is 6.07 Å². The van der Waals surface area contributed by atoms with Gasteiger partial charge in [-0.05, 0) is 18.2 Å². The third-order valence-electron chi connectivity index (χ3n) is 1.88. The van der Waals surface area contributed by atoms with Crippen LogP contribution >= 0.6 is 11.6 Å². The number of carbonyl (C=O) groups is 1. The van der Waals surface area contributed by atoms with Gasteiger partial charge in [0.15, 0.2) is 0 Å². The number of carbonyl (C=O) groups excluding carboxylic acids is 1. The van der Waals surface area contributed by atoms with E-state index in [0.29, 0.717) is 16.3 Å². The molecule has 0 saturated carbocycles. The summed E-state index contributed by atoms with van der Waals surface area (Å²) in [5.41, 5.74) is 0.952. The molecule has 3 nitrogen and oxygen atoms in total. The lowest BCUT2D eigenvalue weighted by atomic mass is 10.2. The standard InChI is InChI=1S/C11H11ClN2O/c1-7(2)11(15)14-10-5-8(6-13)3-4-9(10)12/h3-5,7H,1-2H3,(H,14,15). The fourth-order valence-electron chi connectivity index (χ4n) is 0.968. The van der Waals surface area contributed by atoms with Crippen LogP contribution in [0.4, 0.5) is 5.69 Å². The molecule has 1 aromatic rings. The normalized spacial score (nSPS) is 9.80. The fraction of sp³-hybridized carbons (Fsp3) is 0.273. The molecule has 1 rings (SSSR count). The zero-order valence-electron chi connectivity index (χ0n) is 8.54. The molecule has 0 fully saturated rings. The third kappa shape index (κ3) is 2.97. The van der Waals surface area contributed by atoms with Gasteiger partial charge in [0.2, 0.25) is 5.91 Å². The fourth-order valence-corrected chi connectivity index (χ4v) is 1.13. The third-order valence-corrected chi connectivity index (χ3v) is 2.21. The molecule has 1 amide bonds. The van der Waals surface area contributed by atoms with Crippen molar-refractivity contribution in [2.24, 2.45) is 5.92 Å². The zero-order chi connectivity index (χ0) is 11.4. The number of nitriles is 1. The number of hydrogen-bond acceptors (Lipinski definition) is 2. The van der Waals surface area contributed by atoms with Crippen molar-refractivity contribution in [1.29, 1.82) is 5.26 Å². The molecule has 0 atom stereocenters. The number of rotatable bonds is 2. The molecule has 0 heterocycles.